The number of hydrogen-bond donors (Lipinski definition) is 1. The standard InChI is InChI=1S/C60H68Cl2N6O6/c1-8-67(18-15-40(2)3)33-50-23-55(61)59(25-57(50)71-36-46-21-44(27-63)29-65-31-46)73-38-48-11-9-13-53(42(48)6)54-14-10-12-49(43(54)7)39-74-60-26-58(72-37-47-22-45(28-64)30-66-32-47)51(24-56(60)62)34-68(19-16-41(4)5)52(35-70)17-20-69/h9-14,21-26,29-32,35,40-41,52,69H,8,15-20,33-34,36-39H2,1-7H3. The minimum Gasteiger partial charge on any atom is -0.488 e. The van der Waals surface area contributed by atoms with Gasteiger partial charge in [-0.3, -0.25) is 19.8 Å². The molecule has 12 nitrogen and oxygen atoms in total. The van der Waals surface area contributed by atoms with E-state index in [1.165, 1.54) is 12.4 Å². The van der Waals surface area contributed by atoms with E-state index in [1.54, 1.807) is 30.6 Å². The molecule has 0 fully saturated rings. The Morgan fingerprint density at radius 2 is 1.09 bits per heavy atom. The maximum Gasteiger partial charge on any atom is 0.142 e. The second-order valence-electron chi connectivity index (χ2n) is 19.4. The van der Waals surface area contributed by atoms with E-state index in [0.717, 1.165) is 82.3 Å². The first-order valence-corrected chi connectivity index (χ1v) is 26.0. The van der Waals surface area contributed by atoms with Crippen LogP contribution < -0.4 is 18.9 Å². The highest BCUT2D eigenvalue weighted by atomic mass is 35.5. The van der Waals surface area contributed by atoms with Crippen LogP contribution in [0.3, 0.4) is 0 Å². The highest BCUT2D eigenvalue weighted by Crippen LogP contribution is 2.38. The number of hydrogen-bond acceptors (Lipinski definition) is 12. The molecule has 4 aromatic carbocycles. The Bertz CT molecular complexity index is 2920. The molecule has 1 unspecified atom stereocenters. The lowest BCUT2D eigenvalue weighted by Crippen LogP contribution is -2.38. The van der Waals surface area contributed by atoms with Crippen LogP contribution in [0.2, 0.25) is 10.0 Å². The molecule has 0 saturated heterocycles. The van der Waals surface area contributed by atoms with Gasteiger partial charge in [0.15, 0.2) is 0 Å². The predicted molar refractivity (Wildman–Crippen MR) is 291 cm³/mol. The molecule has 0 saturated carbocycles. The minimum atomic E-state index is -0.499. The van der Waals surface area contributed by atoms with Gasteiger partial charge in [0, 0.05) is 78.9 Å². The van der Waals surface area contributed by atoms with E-state index in [9.17, 15) is 20.4 Å². The largest absolute Gasteiger partial charge is 0.488 e. The Morgan fingerprint density at radius 3 is 1.54 bits per heavy atom. The van der Waals surface area contributed by atoms with Crippen molar-refractivity contribution in [3.05, 3.63) is 163 Å². The molecule has 14 heteroatoms. The monoisotopic (exact) mass is 1040 g/mol. The molecule has 0 radical (unpaired) electrons. The first kappa shape index (κ1) is 56.8. The van der Waals surface area contributed by atoms with Crippen molar-refractivity contribution in [1.29, 1.82) is 10.5 Å². The summed E-state index contributed by atoms with van der Waals surface area (Å²) in [6.07, 6.45) is 9.49. The molecule has 2 heterocycles. The molecule has 1 atom stereocenters. The third-order valence-corrected chi connectivity index (χ3v) is 13.7. The summed E-state index contributed by atoms with van der Waals surface area (Å²) >= 11 is 14.0. The maximum absolute atomic E-state index is 12.3. The molecule has 74 heavy (non-hydrogen) atoms. The van der Waals surface area contributed by atoms with Crippen molar-refractivity contribution in [3.63, 3.8) is 0 Å². The number of aliphatic hydroxyl groups is 1. The molecule has 0 amide bonds. The van der Waals surface area contributed by atoms with Gasteiger partial charge in [0.2, 0.25) is 0 Å². The van der Waals surface area contributed by atoms with Crippen molar-refractivity contribution in [3.8, 4) is 46.3 Å². The molecule has 0 aliphatic carbocycles. The Balaban J connectivity index is 1.23. The van der Waals surface area contributed by atoms with Crippen LogP contribution >= 0.6 is 23.2 Å². The zero-order chi connectivity index (χ0) is 53.1. The van der Waals surface area contributed by atoms with E-state index in [0.29, 0.717) is 87.6 Å². The van der Waals surface area contributed by atoms with Crippen molar-refractivity contribution in [2.24, 2.45) is 11.8 Å². The fraction of sp³-hybridized carbons (Fsp3) is 0.383. The number of rotatable bonds is 28. The van der Waals surface area contributed by atoms with Crippen LogP contribution in [0.25, 0.3) is 11.1 Å². The van der Waals surface area contributed by atoms with Gasteiger partial charge in [-0.1, -0.05) is 94.2 Å². The molecule has 6 rings (SSSR count). The van der Waals surface area contributed by atoms with Gasteiger partial charge in [0.05, 0.1) is 27.2 Å². The number of pyridine rings is 2. The fourth-order valence-corrected chi connectivity index (χ4v) is 9.03. The van der Waals surface area contributed by atoms with E-state index >= 15 is 0 Å². The predicted octanol–water partition coefficient (Wildman–Crippen LogP) is 12.8. The van der Waals surface area contributed by atoms with Crippen molar-refractivity contribution in [2.45, 2.75) is 113 Å². The van der Waals surface area contributed by atoms with Gasteiger partial charge in [0.25, 0.3) is 0 Å². The van der Waals surface area contributed by atoms with Crippen molar-refractivity contribution < 1.29 is 28.8 Å². The Kier molecular flexibility index (Phi) is 21.7. The maximum atomic E-state index is 12.3. The number of aliphatic hydroxyl groups excluding tert-OH is 1. The van der Waals surface area contributed by atoms with Gasteiger partial charge >= 0.3 is 0 Å². The molecule has 0 aliphatic rings. The molecule has 0 bridgehead atoms. The van der Waals surface area contributed by atoms with Crippen molar-refractivity contribution >= 4 is 29.5 Å². The number of benzene rings is 4. The fourth-order valence-electron chi connectivity index (χ4n) is 8.55. The third kappa shape index (κ3) is 16.0. The first-order valence-electron chi connectivity index (χ1n) is 25.3. The summed E-state index contributed by atoms with van der Waals surface area (Å²) < 4.78 is 25.9. The summed E-state index contributed by atoms with van der Waals surface area (Å²) in [5.41, 5.74) is 10.2. The number of aldehydes is 1. The van der Waals surface area contributed by atoms with Crippen molar-refractivity contribution in [1.82, 2.24) is 19.8 Å². The molecule has 1 N–H and O–H groups in total. The Labute approximate surface area is 447 Å². The third-order valence-electron chi connectivity index (χ3n) is 13.1. The van der Waals surface area contributed by atoms with Gasteiger partial charge in [0.1, 0.15) is 67.9 Å². The van der Waals surface area contributed by atoms with Crippen LogP contribution in [0.4, 0.5) is 0 Å². The van der Waals surface area contributed by atoms with Gasteiger partial charge in [-0.25, -0.2) is 0 Å². The van der Waals surface area contributed by atoms with E-state index in [4.69, 9.17) is 42.1 Å². The van der Waals surface area contributed by atoms with Crippen LogP contribution in [0.1, 0.15) is 110 Å². The number of aromatic nitrogens is 2. The second kappa shape index (κ2) is 28.2. The van der Waals surface area contributed by atoms with E-state index < -0.39 is 6.04 Å². The lowest BCUT2D eigenvalue weighted by molar-refractivity contribution is -0.113. The van der Waals surface area contributed by atoms with Crippen LogP contribution in [-0.2, 0) is 44.3 Å². The number of carbonyl (C=O) groups is 1. The SMILES string of the molecule is CCN(CCC(C)C)Cc1cc(Cl)c(OCc2cccc(-c3cccc(COc4cc(OCc5cncc(C#N)c5)c(CN(CCC(C)C)C(C=O)CCO)cc4Cl)c3C)c2C)cc1OCc1cncc(C#N)c1. The lowest BCUT2D eigenvalue weighted by Gasteiger charge is -2.29. The zero-order valence-corrected chi connectivity index (χ0v) is 45.2. The summed E-state index contributed by atoms with van der Waals surface area (Å²) in [5.74, 6) is 3.06. The topological polar surface area (TPSA) is 154 Å². The number of ether oxygens (including phenoxy) is 4. The van der Waals surface area contributed by atoms with Gasteiger partial charge < -0.3 is 28.8 Å². The second-order valence-corrected chi connectivity index (χ2v) is 20.2. The molecule has 0 aliphatic heterocycles. The van der Waals surface area contributed by atoms with E-state index in [2.05, 4.69) is 93.7 Å². The normalized spacial score (nSPS) is 11.7. The summed E-state index contributed by atoms with van der Waals surface area (Å²) in [6.45, 7) is 19.2. The number of carbonyl (C=O) groups excluding carboxylic acids is 1. The average molecular weight is 1040 g/mol. The van der Waals surface area contributed by atoms with Gasteiger partial charge in [-0.2, -0.15) is 10.5 Å². The Morgan fingerprint density at radius 1 is 0.622 bits per heavy atom. The number of nitriles is 2. The summed E-state index contributed by atoms with van der Waals surface area (Å²) in [4.78, 5) is 25.1. The number of halogens is 2. The molecular weight excluding hydrogens is 972 g/mol. The van der Waals surface area contributed by atoms with E-state index in [1.807, 2.05) is 41.3 Å². The molecule has 388 valence electrons. The summed E-state index contributed by atoms with van der Waals surface area (Å²) in [6, 6.07) is 27.1. The van der Waals surface area contributed by atoms with Crippen LogP contribution in [0.5, 0.6) is 23.0 Å². The van der Waals surface area contributed by atoms with Crippen molar-refractivity contribution in [2.75, 3.05) is 26.2 Å². The number of nitrogens with zero attached hydrogens (tertiary/aromatic N) is 6. The smallest absolute Gasteiger partial charge is 0.142 e. The quantitative estimate of drug-likeness (QED) is 0.0465. The van der Waals surface area contributed by atoms with Gasteiger partial charge in [-0.15, -0.1) is 0 Å². The molecular formula is C60H68Cl2N6O6. The highest BCUT2D eigenvalue weighted by Gasteiger charge is 2.23. The molecule has 2 aromatic heterocycles. The first-order chi connectivity index (χ1) is 35.7. The average Bonchev–Trinajstić information content (AvgIpc) is 3.39. The van der Waals surface area contributed by atoms with Crippen LogP contribution in [0.15, 0.2) is 97.6 Å². The summed E-state index contributed by atoms with van der Waals surface area (Å²) in [7, 11) is 0. The van der Waals surface area contributed by atoms with Crippen LogP contribution in [-0.4, -0.2) is 63.4 Å². The van der Waals surface area contributed by atoms with Crippen LogP contribution in [0, 0.1) is 48.3 Å². The highest BCUT2D eigenvalue weighted by molar-refractivity contribution is 6.32. The lowest BCUT2D eigenvalue weighted by atomic mass is 9.92. The zero-order valence-electron chi connectivity index (χ0n) is 43.7. The molecule has 6 aromatic rings. The molecule has 0 spiro atoms. The summed E-state index contributed by atoms with van der Waals surface area (Å²) in [5, 5.41) is 29.6. The minimum absolute atomic E-state index is 0.123. The van der Waals surface area contributed by atoms with E-state index in [-0.39, 0.29) is 33.0 Å². The Hall–Kier alpha value is -6.51. The van der Waals surface area contributed by atoms with Gasteiger partial charge in [-0.05, 0) is 122 Å².